The van der Waals surface area contributed by atoms with Crippen molar-refractivity contribution < 1.29 is 19.4 Å². The number of carboxylic acid groups (broad SMARTS) is 1. The summed E-state index contributed by atoms with van der Waals surface area (Å²) >= 11 is 0. The lowest BCUT2D eigenvalue weighted by Gasteiger charge is -2.15. The molecule has 1 atom stereocenters. The van der Waals surface area contributed by atoms with E-state index in [1.807, 2.05) is 13.8 Å². The van der Waals surface area contributed by atoms with Crippen molar-refractivity contribution in [2.75, 3.05) is 11.9 Å². The Kier molecular flexibility index (Phi) is 5.32. The van der Waals surface area contributed by atoms with E-state index in [0.717, 1.165) is 0 Å². The zero-order chi connectivity index (χ0) is 14.4. The standard InChI is InChI=1S/C13H18N2O4/c1-8(2)12(14)13(18)15-9-4-3-5-10(6-9)19-7-11(16)17/h3-6,8,12H,7,14H2,1-2H3,(H,15,18)(H,16,17)/t12-/m0/s1. The summed E-state index contributed by atoms with van der Waals surface area (Å²) in [5.74, 6) is -0.939. The minimum atomic E-state index is -1.06. The molecule has 0 bridgehead atoms. The summed E-state index contributed by atoms with van der Waals surface area (Å²) in [5, 5.41) is 11.2. The van der Waals surface area contributed by atoms with Crippen molar-refractivity contribution in [2.24, 2.45) is 11.7 Å². The van der Waals surface area contributed by atoms with Gasteiger partial charge in [-0.3, -0.25) is 4.79 Å². The Morgan fingerprint density at radius 1 is 1.42 bits per heavy atom. The number of aliphatic carboxylic acids is 1. The Bertz CT molecular complexity index is 460. The molecule has 0 unspecified atom stereocenters. The molecule has 1 rings (SSSR count). The highest BCUT2D eigenvalue weighted by molar-refractivity contribution is 5.95. The predicted molar refractivity (Wildman–Crippen MR) is 71.0 cm³/mol. The van der Waals surface area contributed by atoms with Crippen LogP contribution in [-0.4, -0.2) is 29.6 Å². The number of rotatable bonds is 6. The van der Waals surface area contributed by atoms with Gasteiger partial charge in [0, 0.05) is 11.8 Å². The van der Waals surface area contributed by atoms with Crippen molar-refractivity contribution in [1.29, 1.82) is 0 Å². The second-order valence-electron chi connectivity index (χ2n) is 4.47. The van der Waals surface area contributed by atoms with E-state index >= 15 is 0 Å². The molecule has 104 valence electrons. The van der Waals surface area contributed by atoms with Crippen LogP contribution in [0.1, 0.15) is 13.8 Å². The summed E-state index contributed by atoms with van der Waals surface area (Å²) < 4.78 is 5.02. The molecular weight excluding hydrogens is 248 g/mol. The van der Waals surface area contributed by atoms with Gasteiger partial charge in [0.2, 0.25) is 5.91 Å². The molecule has 1 amide bonds. The molecule has 0 aliphatic heterocycles. The summed E-state index contributed by atoms with van der Waals surface area (Å²) in [4.78, 5) is 22.1. The molecule has 6 heteroatoms. The minimum absolute atomic E-state index is 0.0337. The fourth-order valence-electron chi connectivity index (χ4n) is 1.34. The third kappa shape index (κ3) is 4.97. The molecule has 1 aromatic carbocycles. The van der Waals surface area contributed by atoms with Gasteiger partial charge < -0.3 is 20.9 Å². The van der Waals surface area contributed by atoms with Gasteiger partial charge in [-0.25, -0.2) is 4.79 Å². The van der Waals surface area contributed by atoms with Crippen LogP contribution in [0.2, 0.25) is 0 Å². The second-order valence-corrected chi connectivity index (χ2v) is 4.47. The van der Waals surface area contributed by atoms with E-state index in [0.29, 0.717) is 11.4 Å². The number of carbonyl (C=O) groups is 2. The lowest BCUT2D eigenvalue weighted by atomic mass is 10.0. The summed E-state index contributed by atoms with van der Waals surface area (Å²) in [6.45, 7) is 3.29. The Labute approximate surface area is 111 Å². The molecule has 0 spiro atoms. The molecule has 0 fully saturated rings. The number of benzene rings is 1. The first-order valence-corrected chi connectivity index (χ1v) is 5.91. The maximum atomic E-state index is 11.8. The number of hydrogen-bond acceptors (Lipinski definition) is 4. The number of amides is 1. The number of carbonyl (C=O) groups excluding carboxylic acids is 1. The van der Waals surface area contributed by atoms with E-state index in [1.165, 1.54) is 0 Å². The molecule has 19 heavy (non-hydrogen) atoms. The third-order valence-electron chi connectivity index (χ3n) is 2.48. The van der Waals surface area contributed by atoms with Gasteiger partial charge in [-0.15, -0.1) is 0 Å². The van der Waals surface area contributed by atoms with Gasteiger partial charge >= 0.3 is 5.97 Å². The van der Waals surface area contributed by atoms with Crippen LogP contribution in [0.4, 0.5) is 5.69 Å². The quantitative estimate of drug-likeness (QED) is 0.715. The van der Waals surface area contributed by atoms with Gasteiger partial charge in [0.25, 0.3) is 0 Å². The lowest BCUT2D eigenvalue weighted by molar-refractivity contribution is -0.139. The van der Waals surface area contributed by atoms with Crippen LogP contribution in [0.25, 0.3) is 0 Å². The SMILES string of the molecule is CC(C)[C@H](N)C(=O)Nc1cccc(OCC(=O)O)c1. The van der Waals surface area contributed by atoms with Crippen molar-refractivity contribution in [3.8, 4) is 5.75 Å². The van der Waals surface area contributed by atoms with Gasteiger partial charge in [0.1, 0.15) is 5.75 Å². The molecule has 0 aliphatic carbocycles. The molecule has 6 nitrogen and oxygen atoms in total. The van der Waals surface area contributed by atoms with Crippen LogP contribution in [-0.2, 0) is 9.59 Å². The van der Waals surface area contributed by atoms with E-state index in [2.05, 4.69) is 5.32 Å². The molecule has 4 N–H and O–H groups in total. The van der Waals surface area contributed by atoms with E-state index in [1.54, 1.807) is 24.3 Å². The molecule has 0 radical (unpaired) electrons. The Morgan fingerprint density at radius 2 is 2.11 bits per heavy atom. The predicted octanol–water partition coefficient (Wildman–Crippen LogP) is 1.07. The van der Waals surface area contributed by atoms with Crippen LogP contribution in [0, 0.1) is 5.92 Å². The molecule has 0 saturated heterocycles. The molecule has 0 heterocycles. The van der Waals surface area contributed by atoms with Crippen molar-refractivity contribution in [3.05, 3.63) is 24.3 Å². The number of ether oxygens (including phenoxy) is 1. The number of nitrogens with two attached hydrogens (primary N) is 1. The summed E-state index contributed by atoms with van der Waals surface area (Å²) in [7, 11) is 0. The van der Waals surface area contributed by atoms with Gasteiger partial charge in [0.15, 0.2) is 6.61 Å². The second kappa shape index (κ2) is 6.75. The van der Waals surface area contributed by atoms with E-state index in [-0.39, 0.29) is 11.8 Å². The molecule has 1 aromatic rings. The van der Waals surface area contributed by atoms with Crippen molar-refractivity contribution in [2.45, 2.75) is 19.9 Å². The zero-order valence-corrected chi connectivity index (χ0v) is 10.9. The number of carboxylic acids is 1. The molecule has 0 saturated carbocycles. The van der Waals surface area contributed by atoms with Crippen LogP contribution in [0.15, 0.2) is 24.3 Å². The van der Waals surface area contributed by atoms with Crippen molar-refractivity contribution >= 4 is 17.6 Å². The highest BCUT2D eigenvalue weighted by Gasteiger charge is 2.17. The first-order chi connectivity index (χ1) is 8.90. The third-order valence-corrected chi connectivity index (χ3v) is 2.48. The first kappa shape index (κ1) is 15.0. The maximum absolute atomic E-state index is 11.8. The van der Waals surface area contributed by atoms with E-state index in [9.17, 15) is 9.59 Å². The smallest absolute Gasteiger partial charge is 0.341 e. The van der Waals surface area contributed by atoms with E-state index in [4.69, 9.17) is 15.6 Å². The normalized spacial score (nSPS) is 12.0. The molecule has 0 aromatic heterocycles. The highest BCUT2D eigenvalue weighted by atomic mass is 16.5. The Hall–Kier alpha value is -2.08. The molecule has 0 aliphatic rings. The van der Waals surface area contributed by atoms with Crippen LogP contribution >= 0.6 is 0 Å². The van der Waals surface area contributed by atoms with Crippen LogP contribution in [0.5, 0.6) is 5.75 Å². The zero-order valence-electron chi connectivity index (χ0n) is 10.9. The summed E-state index contributed by atoms with van der Waals surface area (Å²) in [5.41, 5.74) is 6.24. The fourth-order valence-corrected chi connectivity index (χ4v) is 1.34. The topological polar surface area (TPSA) is 102 Å². The number of anilines is 1. The average molecular weight is 266 g/mol. The first-order valence-electron chi connectivity index (χ1n) is 5.91. The molecular formula is C13H18N2O4. The Morgan fingerprint density at radius 3 is 2.68 bits per heavy atom. The lowest BCUT2D eigenvalue weighted by Crippen LogP contribution is -2.39. The minimum Gasteiger partial charge on any atom is -0.482 e. The van der Waals surface area contributed by atoms with Gasteiger partial charge in [-0.2, -0.15) is 0 Å². The van der Waals surface area contributed by atoms with Crippen molar-refractivity contribution in [1.82, 2.24) is 0 Å². The number of hydrogen-bond donors (Lipinski definition) is 3. The van der Waals surface area contributed by atoms with Gasteiger partial charge in [0.05, 0.1) is 6.04 Å². The maximum Gasteiger partial charge on any atom is 0.341 e. The van der Waals surface area contributed by atoms with Crippen LogP contribution < -0.4 is 15.8 Å². The van der Waals surface area contributed by atoms with Gasteiger partial charge in [-0.05, 0) is 18.1 Å². The summed E-state index contributed by atoms with van der Waals surface area (Å²) in [6.07, 6.45) is 0. The largest absolute Gasteiger partial charge is 0.482 e. The van der Waals surface area contributed by atoms with Gasteiger partial charge in [-0.1, -0.05) is 19.9 Å². The fraction of sp³-hybridized carbons (Fsp3) is 0.385. The highest BCUT2D eigenvalue weighted by Crippen LogP contribution is 2.17. The summed E-state index contributed by atoms with van der Waals surface area (Å²) in [6, 6.07) is 5.91. The average Bonchev–Trinajstić information content (AvgIpc) is 2.35. The monoisotopic (exact) mass is 266 g/mol. The van der Waals surface area contributed by atoms with Crippen LogP contribution in [0.3, 0.4) is 0 Å². The van der Waals surface area contributed by atoms with Crippen molar-refractivity contribution in [3.63, 3.8) is 0 Å². The Balaban J connectivity index is 2.66. The van der Waals surface area contributed by atoms with E-state index < -0.39 is 18.6 Å². The number of nitrogens with one attached hydrogen (secondary N) is 1.